The number of alkyl carbamates (subject to hydrolysis) is 1. The number of ether oxygens (including phenoxy) is 2. The first-order valence-corrected chi connectivity index (χ1v) is 11.2. The minimum absolute atomic E-state index is 0.0325. The van der Waals surface area contributed by atoms with E-state index in [9.17, 15) is 19.5 Å². The van der Waals surface area contributed by atoms with Gasteiger partial charge >= 0.3 is 12.1 Å². The monoisotopic (exact) mass is 468 g/mol. The third-order valence-electron chi connectivity index (χ3n) is 6.27. The molecular weight excluding hydrogens is 436 g/mol. The van der Waals surface area contributed by atoms with Gasteiger partial charge in [0.1, 0.15) is 6.61 Å². The van der Waals surface area contributed by atoms with E-state index in [2.05, 4.69) is 34.9 Å². The van der Waals surface area contributed by atoms with Crippen LogP contribution in [0, 0.1) is 5.41 Å². The lowest BCUT2D eigenvalue weighted by Crippen LogP contribution is -2.58. The molecule has 182 valence electrons. The van der Waals surface area contributed by atoms with E-state index in [1.165, 1.54) is 14.0 Å². The van der Waals surface area contributed by atoms with E-state index in [0.717, 1.165) is 22.3 Å². The van der Waals surface area contributed by atoms with Crippen molar-refractivity contribution in [2.45, 2.75) is 38.6 Å². The van der Waals surface area contributed by atoms with Crippen LogP contribution in [0.1, 0.15) is 44.2 Å². The molecule has 0 heterocycles. The largest absolute Gasteiger partial charge is 0.479 e. The quantitative estimate of drug-likeness (QED) is 0.491. The third kappa shape index (κ3) is 5.39. The fraction of sp³-hybridized carbons (Fsp3) is 0.423. The molecule has 0 bridgehead atoms. The third-order valence-corrected chi connectivity index (χ3v) is 6.27. The molecule has 2 amide bonds. The molecule has 0 radical (unpaired) electrons. The molecule has 0 aromatic heterocycles. The summed E-state index contributed by atoms with van der Waals surface area (Å²) in [6.45, 7) is 5.01. The first-order chi connectivity index (χ1) is 16.1. The summed E-state index contributed by atoms with van der Waals surface area (Å²) in [5.74, 6) is -1.66. The first-order valence-electron chi connectivity index (χ1n) is 11.2. The molecule has 0 aliphatic heterocycles. The summed E-state index contributed by atoms with van der Waals surface area (Å²) in [5.41, 5.74) is 2.12. The summed E-state index contributed by atoms with van der Waals surface area (Å²) in [6.07, 6.45) is -0.265. The Labute approximate surface area is 199 Å². The van der Waals surface area contributed by atoms with Gasteiger partial charge in [0.15, 0.2) is 5.54 Å². The molecule has 8 heteroatoms. The first kappa shape index (κ1) is 25.2. The summed E-state index contributed by atoms with van der Waals surface area (Å²) in [6, 6.07) is 16.2. The number of carboxylic acids is 1. The second kappa shape index (κ2) is 10.3. The Balaban J connectivity index is 1.52. The molecule has 0 saturated heterocycles. The van der Waals surface area contributed by atoms with Gasteiger partial charge in [-0.25, -0.2) is 9.59 Å². The van der Waals surface area contributed by atoms with Crippen molar-refractivity contribution in [3.05, 3.63) is 59.7 Å². The molecular formula is C26H32N2O6. The number of nitrogens with one attached hydrogen (secondary N) is 2. The van der Waals surface area contributed by atoms with Gasteiger partial charge in [0.2, 0.25) is 5.91 Å². The Bertz CT molecular complexity index is 1020. The zero-order valence-electron chi connectivity index (χ0n) is 20.0. The highest BCUT2D eigenvalue weighted by atomic mass is 16.5. The highest BCUT2D eigenvalue weighted by molar-refractivity contribution is 5.89. The summed E-state index contributed by atoms with van der Waals surface area (Å²) >= 11 is 0. The van der Waals surface area contributed by atoms with Gasteiger partial charge in [-0.3, -0.25) is 4.79 Å². The van der Waals surface area contributed by atoms with Crippen molar-refractivity contribution in [3.8, 4) is 11.1 Å². The molecule has 0 saturated carbocycles. The molecule has 0 spiro atoms. The molecule has 1 aliphatic carbocycles. The minimum Gasteiger partial charge on any atom is -0.479 e. The summed E-state index contributed by atoms with van der Waals surface area (Å²) in [4.78, 5) is 36.6. The van der Waals surface area contributed by atoms with E-state index in [-0.39, 0.29) is 25.7 Å². The van der Waals surface area contributed by atoms with Crippen LogP contribution in [0.5, 0.6) is 0 Å². The molecule has 8 nitrogen and oxygen atoms in total. The molecule has 34 heavy (non-hydrogen) atoms. The van der Waals surface area contributed by atoms with E-state index >= 15 is 0 Å². The van der Waals surface area contributed by atoms with Gasteiger partial charge in [-0.05, 0) is 35.6 Å². The van der Waals surface area contributed by atoms with Crippen molar-refractivity contribution in [1.29, 1.82) is 0 Å². The van der Waals surface area contributed by atoms with E-state index in [1.54, 1.807) is 13.8 Å². The van der Waals surface area contributed by atoms with Crippen molar-refractivity contribution in [2.24, 2.45) is 5.41 Å². The summed E-state index contributed by atoms with van der Waals surface area (Å²) in [5, 5.41) is 14.7. The topological polar surface area (TPSA) is 114 Å². The standard InChI is InChI=1S/C26H32N2O6/c1-25(2,22(29)28-26(3,16-33-4)23(30)31)13-14-27-24(32)34-15-21-19-11-7-5-9-17(19)18-10-6-8-12-20(18)21/h5-12,21H,13-16H2,1-4H3,(H,27,32)(H,28,29)(H,30,31). The normalized spacial score (nSPS) is 14.5. The van der Waals surface area contributed by atoms with Gasteiger partial charge in [0.05, 0.1) is 6.61 Å². The maximum Gasteiger partial charge on any atom is 0.407 e. The van der Waals surface area contributed by atoms with Gasteiger partial charge in [-0.15, -0.1) is 0 Å². The fourth-order valence-electron chi connectivity index (χ4n) is 4.10. The number of fused-ring (bicyclic) bond motifs is 3. The summed E-state index contributed by atoms with van der Waals surface area (Å²) in [7, 11) is 1.37. The number of rotatable bonds is 10. The molecule has 1 unspecified atom stereocenters. The van der Waals surface area contributed by atoms with Gasteiger partial charge in [0.25, 0.3) is 0 Å². The number of carboxylic acid groups (broad SMARTS) is 1. The van der Waals surface area contributed by atoms with Crippen molar-refractivity contribution >= 4 is 18.0 Å². The second-order valence-corrected chi connectivity index (χ2v) is 9.41. The number of hydrogen-bond acceptors (Lipinski definition) is 5. The van der Waals surface area contributed by atoms with Crippen LogP contribution >= 0.6 is 0 Å². The highest BCUT2D eigenvalue weighted by Gasteiger charge is 2.39. The van der Waals surface area contributed by atoms with Crippen LogP contribution in [0.4, 0.5) is 4.79 Å². The lowest BCUT2D eigenvalue weighted by Gasteiger charge is -2.31. The van der Waals surface area contributed by atoms with E-state index in [1.807, 2.05) is 24.3 Å². The lowest BCUT2D eigenvalue weighted by molar-refractivity contribution is -0.151. The van der Waals surface area contributed by atoms with Crippen LogP contribution < -0.4 is 10.6 Å². The maximum atomic E-state index is 12.7. The van der Waals surface area contributed by atoms with E-state index in [0.29, 0.717) is 6.42 Å². The Morgan fingerprint density at radius 2 is 1.53 bits per heavy atom. The van der Waals surface area contributed by atoms with Gasteiger partial charge in [-0.1, -0.05) is 62.4 Å². The second-order valence-electron chi connectivity index (χ2n) is 9.41. The van der Waals surface area contributed by atoms with Crippen LogP contribution in [0.2, 0.25) is 0 Å². The number of methoxy groups -OCH3 is 1. The molecule has 0 fully saturated rings. The number of hydrogen-bond donors (Lipinski definition) is 3. The van der Waals surface area contributed by atoms with E-state index in [4.69, 9.17) is 9.47 Å². The maximum absolute atomic E-state index is 12.7. The Morgan fingerprint density at radius 1 is 0.971 bits per heavy atom. The average molecular weight is 469 g/mol. The van der Waals surface area contributed by atoms with Gasteiger partial charge < -0.3 is 25.2 Å². The molecule has 2 aromatic rings. The lowest BCUT2D eigenvalue weighted by atomic mass is 9.87. The predicted molar refractivity (Wildman–Crippen MR) is 128 cm³/mol. The van der Waals surface area contributed by atoms with Crippen LogP contribution in [0.25, 0.3) is 11.1 Å². The van der Waals surface area contributed by atoms with Crippen LogP contribution in [-0.2, 0) is 19.1 Å². The fourth-order valence-corrected chi connectivity index (χ4v) is 4.10. The Morgan fingerprint density at radius 3 is 2.06 bits per heavy atom. The molecule has 1 aliphatic rings. The molecule has 2 aromatic carbocycles. The Hall–Kier alpha value is -3.39. The number of aliphatic carboxylic acids is 1. The van der Waals surface area contributed by atoms with Gasteiger partial charge in [0, 0.05) is 25.0 Å². The minimum atomic E-state index is -1.54. The SMILES string of the molecule is COCC(C)(NC(=O)C(C)(C)CCNC(=O)OCC1c2ccccc2-c2ccccc21)C(=O)O. The Kier molecular flexibility index (Phi) is 7.61. The zero-order chi connectivity index (χ0) is 24.9. The zero-order valence-corrected chi connectivity index (χ0v) is 20.0. The van der Waals surface area contributed by atoms with Crippen molar-refractivity contribution < 1.29 is 29.0 Å². The highest BCUT2D eigenvalue weighted by Crippen LogP contribution is 2.44. The molecule has 3 rings (SSSR count). The van der Waals surface area contributed by atoms with E-state index < -0.39 is 28.9 Å². The number of carbonyl (C=O) groups is 3. The van der Waals surface area contributed by atoms with Crippen LogP contribution in [-0.4, -0.2) is 55.5 Å². The van der Waals surface area contributed by atoms with Crippen molar-refractivity contribution in [1.82, 2.24) is 10.6 Å². The smallest absolute Gasteiger partial charge is 0.407 e. The number of carbonyl (C=O) groups excluding carboxylic acids is 2. The average Bonchev–Trinajstić information content (AvgIpc) is 3.11. The van der Waals surface area contributed by atoms with Crippen LogP contribution in [0.15, 0.2) is 48.5 Å². The summed E-state index contributed by atoms with van der Waals surface area (Å²) < 4.78 is 10.5. The molecule has 3 N–H and O–H groups in total. The van der Waals surface area contributed by atoms with Crippen molar-refractivity contribution in [2.75, 3.05) is 26.9 Å². The number of benzene rings is 2. The van der Waals surface area contributed by atoms with Crippen molar-refractivity contribution in [3.63, 3.8) is 0 Å². The predicted octanol–water partition coefficient (Wildman–Crippen LogP) is 3.55. The molecule has 1 atom stereocenters. The van der Waals surface area contributed by atoms with Crippen LogP contribution in [0.3, 0.4) is 0 Å². The van der Waals surface area contributed by atoms with Gasteiger partial charge in [-0.2, -0.15) is 0 Å². The number of amides is 2.